The van der Waals surface area contributed by atoms with E-state index in [2.05, 4.69) is 11.1 Å². The van der Waals surface area contributed by atoms with Gasteiger partial charge in [-0.25, -0.2) is 4.98 Å². The number of pyridine rings is 2. The lowest BCUT2D eigenvalue weighted by Gasteiger charge is -2.37. The van der Waals surface area contributed by atoms with Crippen molar-refractivity contribution in [3.05, 3.63) is 94.4 Å². The molecule has 0 bridgehead atoms. The average molecular weight is 382 g/mol. The predicted octanol–water partition coefficient (Wildman–Crippen LogP) is 4.17. The van der Waals surface area contributed by atoms with E-state index in [1.807, 2.05) is 67.6 Å². The van der Waals surface area contributed by atoms with Crippen LogP contribution in [0.25, 0.3) is 16.7 Å². The standard InChI is InChI=1S/C24H18N2O3/c1-24-18(16-10-5-6-12-19(16)29-24)14-28-21-17-11-7-13-25-22(17)26(23(27)20(21)24)15-8-3-2-4-9-15/h2-13,18H,14H2,1H3/t18-,24+/m1/s1. The molecule has 4 heterocycles. The van der Waals surface area contributed by atoms with Crippen LogP contribution in [0.1, 0.15) is 24.0 Å². The predicted molar refractivity (Wildman–Crippen MR) is 110 cm³/mol. The SMILES string of the molecule is C[C@]12Oc3ccccc3[C@H]1COc1c2c(=O)n(-c2ccccc2)c2ncccc12. The van der Waals surface area contributed by atoms with Crippen LogP contribution in [0, 0.1) is 0 Å². The highest BCUT2D eigenvalue weighted by atomic mass is 16.5. The maximum Gasteiger partial charge on any atom is 0.267 e. The van der Waals surface area contributed by atoms with Gasteiger partial charge in [0.05, 0.1) is 23.6 Å². The lowest BCUT2D eigenvalue weighted by Crippen LogP contribution is -2.45. The van der Waals surface area contributed by atoms with Gasteiger partial charge in [0.2, 0.25) is 0 Å². The molecule has 0 amide bonds. The molecule has 142 valence electrons. The van der Waals surface area contributed by atoms with Crippen molar-refractivity contribution in [2.45, 2.75) is 18.4 Å². The Hall–Kier alpha value is -3.60. The van der Waals surface area contributed by atoms with E-state index in [9.17, 15) is 4.79 Å². The summed E-state index contributed by atoms with van der Waals surface area (Å²) in [6, 6.07) is 21.4. The molecule has 5 heteroatoms. The molecule has 0 saturated heterocycles. The van der Waals surface area contributed by atoms with Gasteiger partial charge < -0.3 is 9.47 Å². The van der Waals surface area contributed by atoms with E-state index in [1.165, 1.54) is 0 Å². The van der Waals surface area contributed by atoms with Gasteiger partial charge in [-0.05, 0) is 37.3 Å². The first-order valence-corrected chi connectivity index (χ1v) is 9.69. The molecule has 2 aromatic heterocycles. The second-order valence-electron chi connectivity index (χ2n) is 7.67. The Kier molecular flexibility index (Phi) is 3.22. The first-order chi connectivity index (χ1) is 14.2. The Bertz CT molecular complexity index is 1330. The number of fused-ring (bicyclic) bond motifs is 7. The fraction of sp³-hybridized carbons (Fsp3) is 0.167. The molecule has 0 radical (unpaired) electrons. The Morgan fingerprint density at radius 2 is 1.83 bits per heavy atom. The van der Waals surface area contributed by atoms with E-state index in [1.54, 1.807) is 10.8 Å². The molecule has 29 heavy (non-hydrogen) atoms. The van der Waals surface area contributed by atoms with E-state index >= 15 is 0 Å². The summed E-state index contributed by atoms with van der Waals surface area (Å²) in [7, 11) is 0. The summed E-state index contributed by atoms with van der Waals surface area (Å²) in [5.74, 6) is 1.35. The van der Waals surface area contributed by atoms with Crippen LogP contribution >= 0.6 is 0 Å². The van der Waals surface area contributed by atoms with Crippen LogP contribution in [0.4, 0.5) is 0 Å². The normalized spacial score (nSPS) is 21.6. The molecule has 0 fully saturated rings. The topological polar surface area (TPSA) is 53.4 Å². The maximum absolute atomic E-state index is 13.9. The molecule has 0 unspecified atom stereocenters. The van der Waals surface area contributed by atoms with Crippen LogP contribution in [0.3, 0.4) is 0 Å². The Labute approximate surface area is 167 Å². The zero-order chi connectivity index (χ0) is 19.6. The minimum absolute atomic E-state index is 0.0442. The van der Waals surface area contributed by atoms with Crippen molar-refractivity contribution in [1.29, 1.82) is 0 Å². The average Bonchev–Trinajstić information content (AvgIpc) is 3.06. The van der Waals surface area contributed by atoms with Crippen LogP contribution < -0.4 is 15.0 Å². The smallest absolute Gasteiger partial charge is 0.267 e. The highest BCUT2D eigenvalue weighted by Crippen LogP contribution is 2.54. The summed E-state index contributed by atoms with van der Waals surface area (Å²) in [5.41, 5.74) is 2.03. The number of nitrogens with zero attached hydrogens (tertiary/aromatic N) is 2. The quantitative estimate of drug-likeness (QED) is 0.496. The highest BCUT2D eigenvalue weighted by molar-refractivity contribution is 5.86. The molecule has 2 aliphatic heterocycles. The van der Waals surface area contributed by atoms with Gasteiger partial charge in [-0.3, -0.25) is 9.36 Å². The molecule has 2 atom stereocenters. The van der Waals surface area contributed by atoms with Crippen LogP contribution in [-0.4, -0.2) is 16.2 Å². The van der Waals surface area contributed by atoms with E-state index in [0.717, 1.165) is 22.4 Å². The van der Waals surface area contributed by atoms with Gasteiger partial charge in [-0.1, -0.05) is 36.4 Å². The number of hydrogen-bond donors (Lipinski definition) is 0. The van der Waals surface area contributed by atoms with Crippen LogP contribution in [-0.2, 0) is 5.60 Å². The minimum atomic E-state index is -0.797. The van der Waals surface area contributed by atoms with Gasteiger partial charge in [0, 0.05) is 11.8 Å². The van der Waals surface area contributed by atoms with Gasteiger partial charge in [0.15, 0.2) is 11.2 Å². The lowest BCUT2D eigenvalue weighted by atomic mass is 9.79. The van der Waals surface area contributed by atoms with Gasteiger partial charge in [0.25, 0.3) is 5.56 Å². The molecule has 0 spiro atoms. The summed E-state index contributed by atoms with van der Waals surface area (Å²) >= 11 is 0. The van der Waals surface area contributed by atoms with E-state index < -0.39 is 5.60 Å². The molecule has 0 aliphatic carbocycles. The summed E-state index contributed by atoms with van der Waals surface area (Å²) in [6.07, 6.45) is 1.70. The van der Waals surface area contributed by atoms with Gasteiger partial charge in [-0.15, -0.1) is 0 Å². The third kappa shape index (κ3) is 2.10. The summed E-state index contributed by atoms with van der Waals surface area (Å²) < 4.78 is 14.3. The third-order valence-corrected chi connectivity index (χ3v) is 6.07. The summed E-state index contributed by atoms with van der Waals surface area (Å²) in [6.45, 7) is 2.46. The zero-order valence-electron chi connectivity index (χ0n) is 15.8. The number of rotatable bonds is 1. The molecule has 0 saturated carbocycles. The number of hydrogen-bond acceptors (Lipinski definition) is 4. The monoisotopic (exact) mass is 382 g/mol. The summed E-state index contributed by atoms with van der Waals surface area (Å²) in [4.78, 5) is 18.4. The largest absolute Gasteiger partial charge is 0.491 e. The first-order valence-electron chi connectivity index (χ1n) is 9.69. The van der Waals surface area contributed by atoms with Crippen LogP contribution in [0.15, 0.2) is 77.7 Å². The summed E-state index contributed by atoms with van der Waals surface area (Å²) in [5, 5.41) is 0.810. The lowest BCUT2D eigenvalue weighted by molar-refractivity contribution is 0.0424. The molecule has 2 aliphatic rings. The number of benzene rings is 2. The number of ether oxygens (including phenoxy) is 2. The van der Waals surface area contributed by atoms with E-state index in [4.69, 9.17) is 9.47 Å². The van der Waals surface area contributed by atoms with Gasteiger partial charge >= 0.3 is 0 Å². The molecule has 6 rings (SSSR count). The fourth-order valence-corrected chi connectivity index (χ4v) is 4.69. The first kappa shape index (κ1) is 16.4. The molecular formula is C24H18N2O3. The van der Waals surface area contributed by atoms with Crippen molar-refractivity contribution in [2.24, 2.45) is 0 Å². The van der Waals surface area contributed by atoms with Crippen molar-refractivity contribution < 1.29 is 9.47 Å². The molecule has 4 aromatic rings. The van der Waals surface area contributed by atoms with E-state index in [-0.39, 0.29) is 11.5 Å². The van der Waals surface area contributed by atoms with Crippen molar-refractivity contribution in [1.82, 2.24) is 9.55 Å². The van der Waals surface area contributed by atoms with Crippen molar-refractivity contribution >= 4 is 11.0 Å². The second kappa shape index (κ2) is 5.70. The minimum Gasteiger partial charge on any atom is -0.491 e. The number of para-hydroxylation sites is 2. The number of aromatic nitrogens is 2. The Balaban J connectivity index is 1.72. The Morgan fingerprint density at radius 1 is 1.03 bits per heavy atom. The van der Waals surface area contributed by atoms with Crippen LogP contribution in [0.2, 0.25) is 0 Å². The van der Waals surface area contributed by atoms with Gasteiger partial charge in [-0.2, -0.15) is 0 Å². The fourth-order valence-electron chi connectivity index (χ4n) is 4.69. The van der Waals surface area contributed by atoms with Gasteiger partial charge in [0.1, 0.15) is 17.1 Å². The van der Waals surface area contributed by atoms with Crippen molar-refractivity contribution in [3.63, 3.8) is 0 Å². The molecular weight excluding hydrogens is 364 g/mol. The molecule has 0 N–H and O–H groups in total. The highest BCUT2D eigenvalue weighted by Gasteiger charge is 2.53. The second-order valence-corrected chi connectivity index (χ2v) is 7.67. The van der Waals surface area contributed by atoms with Crippen LogP contribution in [0.5, 0.6) is 11.5 Å². The maximum atomic E-state index is 13.9. The molecule has 5 nitrogen and oxygen atoms in total. The Morgan fingerprint density at radius 3 is 2.69 bits per heavy atom. The molecule has 2 aromatic carbocycles. The zero-order valence-corrected chi connectivity index (χ0v) is 15.8. The van der Waals surface area contributed by atoms with Crippen molar-refractivity contribution in [2.75, 3.05) is 6.61 Å². The third-order valence-electron chi connectivity index (χ3n) is 6.07. The van der Waals surface area contributed by atoms with E-state index in [0.29, 0.717) is 23.6 Å². The van der Waals surface area contributed by atoms with Crippen molar-refractivity contribution in [3.8, 4) is 17.2 Å².